The number of carbonyl (C=O) groups is 2. The molecule has 1 unspecified atom stereocenters. The molecule has 0 amide bonds. The van der Waals surface area contributed by atoms with Gasteiger partial charge in [0.15, 0.2) is 5.78 Å². The van der Waals surface area contributed by atoms with Crippen LogP contribution in [0.2, 0.25) is 0 Å². The number of hydrogen-bond acceptors (Lipinski definition) is 3. The number of ether oxygens (including phenoxy) is 1. The summed E-state index contributed by atoms with van der Waals surface area (Å²) in [4.78, 5) is 24.5. The molecule has 0 aliphatic heterocycles. The van der Waals surface area contributed by atoms with Crippen LogP contribution in [0, 0.1) is 34.5 Å². The SMILES string of the molecule is C[C@@H]1CC[C@@H]([C@@H]2CC3CC[C@@]2(C)C3(C)C)[C@H](OC(=O)C2=CC(=O)CCC2)C1. The fraction of sp³-hybridized carbons (Fsp3) is 0.833. The molecule has 150 valence electrons. The predicted octanol–water partition coefficient (Wildman–Crippen LogP) is 5.48. The lowest BCUT2D eigenvalue weighted by Crippen LogP contribution is -2.44. The van der Waals surface area contributed by atoms with Crippen molar-refractivity contribution in [2.75, 3.05) is 0 Å². The highest BCUT2D eigenvalue weighted by Gasteiger charge is 2.63. The van der Waals surface area contributed by atoms with E-state index in [1.54, 1.807) is 0 Å². The number of rotatable bonds is 3. The minimum absolute atomic E-state index is 0.0242. The van der Waals surface area contributed by atoms with E-state index in [4.69, 9.17) is 4.74 Å². The maximum atomic E-state index is 12.8. The lowest BCUT2D eigenvalue weighted by atomic mass is 9.60. The number of allylic oxidation sites excluding steroid dienone is 1. The van der Waals surface area contributed by atoms with Gasteiger partial charge in [0.25, 0.3) is 0 Å². The van der Waals surface area contributed by atoms with E-state index in [1.807, 2.05) is 0 Å². The summed E-state index contributed by atoms with van der Waals surface area (Å²) in [5.41, 5.74) is 1.36. The van der Waals surface area contributed by atoms with Gasteiger partial charge in [-0.05, 0) is 85.5 Å². The van der Waals surface area contributed by atoms with E-state index >= 15 is 0 Å². The number of hydrogen-bond donors (Lipinski definition) is 0. The molecule has 0 radical (unpaired) electrons. The third-order valence-electron chi connectivity index (χ3n) is 9.21. The number of carbonyl (C=O) groups excluding carboxylic acids is 2. The standard InChI is InChI=1S/C24H36O3/c1-15-8-9-19(20-14-17-10-11-24(20,4)23(17,2)3)21(12-15)27-22(26)16-6-5-7-18(25)13-16/h13,15,17,19-21H,5-12,14H2,1-4H3/t15-,17?,19+,20+,21-,24-/m1/s1. The number of esters is 1. The molecule has 3 heteroatoms. The fourth-order valence-corrected chi connectivity index (χ4v) is 7.03. The average Bonchev–Trinajstić information content (AvgIpc) is 2.95. The van der Waals surface area contributed by atoms with Gasteiger partial charge in [0, 0.05) is 12.0 Å². The summed E-state index contributed by atoms with van der Waals surface area (Å²) in [5, 5.41) is 0. The predicted molar refractivity (Wildman–Crippen MR) is 106 cm³/mol. The van der Waals surface area contributed by atoms with Crippen molar-refractivity contribution in [3.05, 3.63) is 11.6 Å². The minimum Gasteiger partial charge on any atom is -0.459 e. The van der Waals surface area contributed by atoms with Crippen molar-refractivity contribution in [1.29, 1.82) is 0 Å². The second-order valence-electron chi connectivity index (χ2n) is 10.7. The highest BCUT2D eigenvalue weighted by molar-refractivity contribution is 6.00. The maximum absolute atomic E-state index is 12.8. The second-order valence-corrected chi connectivity index (χ2v) is 10.7. The molecule has 3 saturated carbocycles. The first-order chi connectivity index (χ1) is 12.7. The number of ketones is 1. The molecule has 0 N–H and O–H groups in total. The molecule has 3 nitrogen and oxygen atoms in total. The summed E-state index contributed by atoms with van der Waals surface area (Å²) < 4.78 is 6.14. The van der Waals surface area contributed by atoms with Gasteiger partial charge < -0.3 is 4.74 Å². The Balaban J connectivity index is 1.53. The monoisotopic (exact) mass is 372 g/mol. The van der Waals surface area contributed by atoms with Crippen molar-refractivity contribution in [2.45, 2.75) is 91.6 Å². The zero-order valence-corrected chi connectivity index (χ0v) is 17.6. The molecule has 0 aromatic rings. The van der Waals surface area contributed by atoms with Crippen LogP contribution in [0.5, 0.6) is 0 Å². The Morgan fingerprint density at radius 1 is 1.11 bits per heavy atom. The topological polar surface area (TPSA) is 43.4 Å². The first-order valence-corrected chi connectivity index (χ1v) is 11.2. The van der Waals surface area contributed by atoms with Crippen LogP contribution in [0.15, 0.2) is 11.6 Å². The fourth-order valence-electron chi connectivity index (χ4n) is 7.03. The molecule has 6 atom stereocenters. The highest BCUT2D eigenvalue weighted by atomic mass is 16.5. The smallest absolute Gasteiger partial charge is 0.334 e. The van der Waals surface area contributed by atoms with Gasteiger partial charge in [0.1, 0.15) is 6.10 Å². The van der Waals surface area contributed by atoms with Gasteiger partial charge in [-0.15, -0.1) is 0 Å². The van der Waals surface area contributed by atoms with Crippen molar-refractivity contribution in [2.24, 2.45) is 34.5 Å². The zero-order valence-electron chi connectivity index (χ0n) is 17.6. The van der Waals surface area contributed by atoms with Crippen LogP contribution in [0.1, 0.15) is 85.5 Å². The van der Waals surface area contributed by atoms with Gasteiger partial charge in [-0.3, -0.25) is 4.79 Å². The van der Waals surface area contributed by atoms with Crippen LogP contribution < -0.4 is 0 Å². The van der Waals surface area contributed by atoms with E-state index < -0.39 is 0 Å². The molecular formula is C24H36O3. The normalized spacial score (nSPS) is 43.5. The molecule has 4 rings (SSSR count). The van der Waals surface area contributed by atoms with Gasteiger partial charge >= 0.3 is 5.97 Å². The molecule has 0 saturated heterocycles. The Morgan fingerprint density at radius 2 is 1.89 bits per heavy atom. The van der Waals surface area contributed by atoms with E-state index in [2.05, 4.69) is 27.7 Å². The third-order valence-corrected chi connectivity index (χ3v) is 9.21. The first kappa shape index (κ1) is 19.2. The Bertz CT molecular complexity index is 661. The van der Waals surface area contributed by atoms with Crippen LogP contribution in [0.4, 0.5) is 0 Å². The van der Waals surface area contributed by atoms with Crippen LogP contribution in [-0.2, 0) is 14.3 Å². The third kappa shape index (κ3) is 3.09. The molecule has 0 aromatic heterocycles. The van der Waals surface area contributed by atoms with Crippen molar-refractivity contribution >= 4 is 11.8 Å². The van der Waals surface area contributed by atoms with Gasteiger partial charge in [0.2, 0.25) is 0 Å². The molecule has 0 spiro atoms. The largest absolute Gasteiger partial charge is 0.459 e. The molecule has 2 bridgehead atoms. The number of fused-ring (bicyclic) bond motifs is 2. The van der Waals surface area contributed by atoms with Crippen molar-refractivity contribution < 1.29 is 14.3 Å². The molecule has 0 aromatic carbocycles. The molecule has 27 heavy (non-hydrogen) atoms. The van der Waals surface area contributed by atoms with E-state index in [-0.39, 0.29) is 17.9 Å². The Kier molecular flexibility index (Phi) is 4.79. The lowest BCUT2D eigenvalue weighted by molar-refractivity contribution is -0.154. The second kappa shape index (κ2) is 6.74. The van der Waals surface area contributed by atoms with Crippen molar-refractivity contribution in [3.63, 3.8) is 0 Å². The summed E-state index contributed by atoms with van der Waals surface area (Å²) in [5.74, 6) is 2.43. The summed E-state index contributed by atoms with van der Waals surface area (Å²) >= 11 is 0. The van der Waals surface area contributed by atoms with Crippen LogP contribution in [-0.4, -0.2) is 17.9 Å². The van der Waals surface area contributed by atoms with Gasteiger partial charge in [-0.2, -0.15) is 0 Å². The van der Waals surface area contributed by atoms with Gasteiger partial charge in [-0.25, -0.2) is 4.79 Å². The van der Waals surface area contributed by atoms with Crippen molar-refractivity contribution in [3.8, 4) is 0 Å². The first-order valence-electron chi connectivity index (χ1n) is 11.2. The van der Waals surface area contributed by atoms with E-state index in [0.717, 1.165) is 18.8 Å². The summed E-state index contributed by atoms with van der Waals surface area (Å²) in [7, 11) is 0. The highest BCUT2D eigenvalue weighted by Crippen LogP contribution is 2.70. The molecule has 4 aliphatic carbocycles. The molecular weight excluding hydrogens is 336 g/mol. The van der Waals surface area contributed by atoms with Gasteiger partial charge in [-0.1, -0.05) is 34.1 Å². The Labute approximate surface area is 164 Å². The Hall–Kier alpha value is -1.12. The van der Waals surface area contributed by atoms with Crippen LogP contribution >= 0.6 is 0 Å². The Morgan fingerprint density at radius 3 is 2.52 bits per heavy atom. The lowest BCUT2D eigenvalue weighted by Gasteiger charge is -2.47. The summed E-state index contributed by atoms with van der Waals surface area (Å²) in [6, 6.07) is 0. The van der Waals surface area contributed by atoms with E-state index in [9.17, 15) is 9.59 Å². The molecule has 4 aliphatic rings. The van der Waals surface area contributed by atoms with Crippen LogP contribution in [0.3, 0.4) is 0 Å². The quantitative estimate of drug-likeness (QED) is 0.616. The zero-order chi connectivity index (χ0) is 19.4. The van der Waals surface area contributed by atoms with E-state index in [0.29, 0.717) is 47.0 Å². The van der Waals surface area contributed by atoms with Crippen LogP contribution in [0.25, 0.3) is 0 Å². The van der Waals surface area contributed by atoms with E-state index in [1.165, 1.54) is 38.2 Å². The maximum Gasteiger partial charge on any atom is 0.334 e. The van der Waals surface area contributed by atoms with Gasteiger partial charge in [0.05, 0.1) is 0 Å². The van der Waals surface area contributed by atoms with Crippen molar-refractivity contribution in [1.82, 2.24) is 0 Å². The average molecular weight is 373 g/mol. The minimum atomic E-state index is -0.222. The summed E-state index contributed by atoms with van der Waals surface area (Å²) in [6.07, 6.45) is 11.0. The molecule has 0 heterocycles. The molecule has 3 fully saturated rings. The summed E-state index contributed by atoms with van der Waals surface area (Å²) in [6.45, 7) is 9.72.